The Kier molecular flexibility index (Phi) is 5.79. The third-order valence-corrected chi connectivity index (χ3v) is 3.94. The Balaban J connectivity index is 1.85. The summed E-state index contributed by atoms with van der Waals surface area (Å²) in [5.41, 5.74) is 1.83. The third-order valence-electron chi connectivity index (χ3n) is 3.94. The van der Waals surface area contributed by atoms with Gasteiger partial charge in [-0.2, -0.15) is 0 Å². The predicted molar refractivity (Wildman–Crippen MR) is 82.7 cm³/mol. The third kappa shape index (κ3) is 4.59. The number of amides is 1. The Labute approximate surface area is 126 Å². The Morgan fingerprint density at radius 2 is 2.00 bits per heavy atom. The number of likely N-dealkylation sites (tertiary alicyclic amines) is 1. The van der Waals surface area contributed by atoms with Crippen molar-refractivity contribution in [2.45, 2.75) is 19.4 Å². The highest BCUT2D eigenvalue weighted by molar-refractivity contribution is 5.94. The molecular weight excluding hydrogens is 264 g/mol. The van der Waals surface area contributed by atoms with E-state index in [2.05, 4.69) is 16.1 Å². The fourth-order valence-corrected chi connectivity index (χ4v) is 2.58. The summed E-state index contributed by atoms with van der Waals surface area (Å²) in [5.74, 6) is 2.71. The van der Waals surface area contributed by atoms with Gasteiger partial charge in [0.15, 0.2) is 0 Å². The summed E-state index contributed by atoms with van der Waals surface area (Å²) < 4.78 is 0. The molecule has 1 aliphatic heterocycles. The van der Waals surface area contributed by atoms with Crippen molar-refractivity contribution < 1.29 is 9.90 Å². The Morgan fingerprint density at radius 1 is 1.33 bits per heavy atom. The summed E-state index contributed by atoms with van der Waals surface area (Å²) >= 11 is 0. The molecule has 0 bridgehead atoms. The molecule has 1 fully saturated rings. The average molecular weight is 286 g/mol. The van der Waals surface area contributed by atoms with Gasteiger partial charge in [-0.25, -0.2) is 0 Å². The number of nitrogens with zero attached hydrogens (tertiary/aromatic N) is 1. The molecule has 0 aromatic heterocycles. The summed E-state index contributed by atoms with van der Waals surface area (Å²) in [6.07, 6.45) is 7.23. The minimum atomic E-state index is -0.136. The normalized spacial score (nSPS) is 16.4. The van der Waals surface area contributed by atoms with Gasteiger partial charge in [0.1, 0.15) is 0 Å². The summed E-state index contributed by atoms with van der Waals surface area (Å²) in [4.78, 5) is 14.1. The second-order valence-corrected chi connectivity index (χ2v) is 5.49. The van der Waals surface area contributed by atoms with Crippen molar-refractivity contribution >= 4 is 5.91 Å². The fraction of sp³-hybridized carbons (Fsp3) is 0.471. The van der Waals surface area contributed by atoms with Crippen molar-refractivity contribution in [2.75, 3.05) is 26.2 Å². The van der Waals surface area contributed by atoms with Crippen LogP contribution >= 0.6 is 0 Å². The first-order valence-corrected chi connectivity index (χ1v) is 7.36. The highest BCUT2D eigenvalue weighted by Gasteiger charge is 2.18. The zero-order chi connectivity index (χ0) is 15.1. The van der Waals surface area contributed by atoms with Crippen LogP contribution in [0.4, 0.5) is 0 Å². The standard InChI is InChI=1S/C17H22N2O2/c1-2-9-18-17(21)16-5-3-14(4-6-16)12-19-10-7-15(13-20)8-11-19/h1,3-6,15,20H,7-13H2,(H,18,21). The van der Waals surface area contributed by atoms with Gasteiger partial charge in [-0.1, -0.05) is 18.1 Å². The van der Waals surface area contributed by atoms with Crippen molar-refractivity contribution in [1.29, 1.82) is 0 Å². The predicted octanol–water partition coefficient (Wildman–Crippen LogP) is 1.25. The lowest BCUT2D eigenvalue weighted by Crippen LogP contribution is -2.34. The Hall–Kier alpha value is -1.83. The van der Waals surface area contributed by atoms with Gasteiger partial charge in [-0.3, -0.25) is 9.69 Å². The van der Waals surface area contributed by atoms with Crippen LogP contribution < -0.4 is 5.32 Å². The van der Waals surface area contributed by atoms with Crippen LogP contribution in [0.25, 0.3) is 0 Å². The number of hydrogen-bond acceptors (Lipinski definition) is 3. The van der Waals surface area contributed by atoms with Crippen LogP contribution in [0, 0.1) is 18.3 Å². The first-order valence-electron chi connectivity index (χ1n) is 7.36. The molecule has 0 atom stereocenters. The van der Waals surface area contributed by atoms with Crippen molar-refractivity contribution in [1.82, 2.24) is 10.2 Å². The molecule has 0 unspecified atom stereocenters. The summed E-state index contributed by atoms with van der Waals surface area (Å²) in [7, 11) is 0. The van der Waals surface area contributed by atoms with E-state index in [9.17, 15) is 4.79 Å². The van der Waals surface area contributed by atoms with Gasteiger partial charge in [-0.05, 0) is 49.5 Å². The second kappa shape index (κ2) is 7.82. The molecule has 4 nitrogen and oxygen atoms in total. The molecule has 0 aliphatic carbocycles. The average Bonchev–Trinajstić information content (AvgIpc) is 2.54. The van der Waals surface area contributed by atoms with E-state index in [1.807, 2.05) is 24.3 Å². The molecular formula is C17H22N2O2. The zero-order valence-corrected chi connectivity index (χ0v) is 12.2. The van der Waals surface area contributed by atoms with Crippen LogP contribution in [0.3, 0.4) is 0 Å². The number of aliphatic hydroxyl groups is 1. The van der Waals surface area contributed by atoms with Gasteiger partial charge >= 0.3 is 0 Å². The Bertz CT molecular complexity index is 497. The number of aliphatic hydroxyl groups excluding tert-OH is 1. The zero-order valence-electron chi connectivity index (χ0n) is 12.2. The minimum Gasteiger partial charge on any atom is -0.396 e. The van der Waals surface area contributed by atoms with Crippen molar-refractivity contribution in [2.24, 2.45) is 5.92 Å². The fourth-order valence-electron chi connectivity index (χ4n) is 2.58. The molecule has 1 aromatic rings. The highest BCUT2D eigenvalue weighted by Crippen LogP contribution is 2.18. The van der Waals surface area contributed by atoms with Gasteiger partial charge in [0, 0.05) is 18.7 Å². The molecule has 1 saturated heterocycles. The van der Waals surface area contributed by atoms with Crippen LogP contribution in [0.5, 0.6) is 0 Å². The lowest BCUT2D eigenvalue weighted by molar-refractivity contribution is 0.0958. The minimum absolute atomic E-state index is 0.136. The summed E-state index contributed by atoms with van der Waals surface area (Å²) in [5, 5.41) is 11.8. The second-order valence-electron chi connectivity index (χ2n) is 5.49. The lowest BCUT2D eigenvalue weighted by atomic mass is 9.97. The number of benzene rings is 1. The van der Waals surface area contributed by atoms with E-state index in [1.54, 1.807) is 0 Å². The highest BCUT2D eigenvalue weighted by atomic mass is 16.3. The molecule has 2 rings (SSSR count). The van der Waals surface area contributed by atoms with Gasteiger partial charge in [0.05, 0.1) is 6.54 Å². The van der Waals surface area contributed by atoms with E-state index in [1.165, 1.54) is 5.56 Å². The van der Waals surface area contributed by atoms with Gasteiger partial charge < -0.3 is 10.4 Å². The summed E-state index contributed by atoms with van der Waals surface area (Å²) in [6.45, 7) is 3.49. The topological polar surface area (TPSA) is 52.6 Å². The smallest absolute Gasteiger partial charge is 0.252 e. The van der Waals surface area contributed by atoms with Crippen LogP contribution in [-0.4, -0.2) is 42.2 Å². The molecule has 0 spiro atoms. The van der Waals surface area contributed by atoms with Crippen molar-refractivity contribution in [3.8, 4) is 12.3 Å². The SMILES string of the molecule is C#CCNC(=O)c1ccc(CN2CCC(CO)CC2)cc1. The lowest BCUT2D eigenvalue weighted by Gasteiger charge is -2.31. The van der Waals surface area contributed by atoms with Gasteiger partial charge in [-0.15, -0.1) is 6.42 Å². The molecule has 1 aliphatic rings. The van der Waals surface area contributed by atoms with E-state index in [0.717, 1.165) is 32.5 Å². The maximum absolute atomic E-state index is 11.7. The number of terminal acetylenes is 1. The number of nitrogens with one attached hydrogen (secondary N) is 1. The molecule has 21 heavy (non-hydrogen) atoms. The molecule has 2 N–H and O–H groups in total. The van der Waals surface area contributed by atoms with E-state index in [4.69, 9.17) is 11.5 Å². The van der Waals surface area contributed by atoms with E-state index < -0.39 is 0 Å². The number of piperidine rings is 1. The van der Waals surface area contributed by atoms with Crippen LogP contribution in [0.2, 0.25) is 0 Å². The molecule has 0 radical (unpaired) electrons. The molecule has 1 heterocycles. The monoisotopic (exact) mass is 286 g/mol. The Morgan fingerprint density at radius 3 is 2.57 bits per heavy atom. The van der Waals surface area contributed by atoms with E-state index in [0.29, 0.717) is 18.1 Å². The van der Waals surface area contributed by atoms with E-state index in [-0.39, 0.29) is 12.5 Å². The largest absolute Gasteiger partial charge is 0.396 e. The molecule has 112 valence electrons. The summed E-state index contributed by atoms with van der Waals surface area (Å²) in [6, 6.07) is 7.65. The van der Waals surface area contributed by atoms with E-state index >= 15 is 0 Å². The van der Waals surface area contributed by atoms with Crippen molar-refractivity contribution in [3.63, 3.8) is 0 Å². The van der Waals surface area contributed by atoms with Crippen LogP contribution in [0.15, 0.2) is 24.3 Å². The molecule has 0 saturated carbocycles. The molecule has 1 aromatic carbocycles. The first-order chi connectivity index (χ1) is 10.2. The number of hydrogen-bond donors (Lipinski definition) is 2. The quantitative estimate of drug-likeness (QED) is 0.801. The van der Waals surface area contributed by atoms with Gasteiger partial charge in [0.2, 0.25) is 0 Å². The maximum Gasteiger partial charge on any atom is 0.252 e. The number of carbonyl (C=O) groups is 1. The van der Waals surface area contributed by atoms with Crippen LogP contribution in [-0.2, 0) is 6.54 Å². The molecule has 4 heteroatoms. The van der Waals surface area contributed by atoms with Crippen LogP contribution in [0.1, 0.15) is 28.8 Å². The maximum atomic E-state index is 11.7. The first kappa shape index (κ1) is 15.6. The van der Waals surface area contributed by atoms with Crippen molar-refractivity contribution in [3.05, 3.63) is 35.4 Å². The number of carbonyl (C=O) groups excluding carboxylic acids is 1. The van der Waals surface area contributed by atoms with Gasteiger partial charge in [0.25, 0.3) is 5.91 Å². The molecule has 1 amide bonds. The number of rotatable bonds is 5.